The van der Waals surface area contributed by atoms with Crippen LogP contribution in [0.2, 0.25) is 0 Å². The molecule has 2 N–H and O–H groups in total. The Morgan fingerprint density at radius 2 is 1.65 bits per heavy atom. The standard InChI is InChI=1S/C23H20N4O4/c1-25-19(29)13-18(24-14-7-11-17(28)12-8-14)20-21(25)26(15-5-3-2-4-6-15)23(31)27(22(20)30)16-9-10-16/h2-8,11-13,16,24,28H,9-10H2,1H3. The summed E-state index contributed by atoms with van der Waals surface area (Å²) in [6.45, 7) is 0. The Hall–Kier alpha value is -4.07. The number of pyridine rings is 1. The first kappa shape index (κ1) is 18.9. The zero-order valence-electron chi connectivity index (χ0n) is 16.8. The third-order valence-electron chi connectivity index (χ3n) is 5.52. The smallest absolute Gasteiger partial charge is 0.337 e. The van der Waals surface area contributed by atoms with E-state index >= 15 is 0 Å². The molecule has 8 heteroatoms. The Morgan fingerprint density at radius 3 is 2.29 bits per heavy atom. The molecule has 0 atom stereocenters. The Balaban J connectivity index is 1.90. The predicted molar refractivity (Wildman–Crippen MR) is 119 cm³/mol. The number of phenols is 1. The van der Waals surface area contributed by atoms with Crippen LogP contribution in [0, 0.1) is 0 Å². The summed E-state index contributed by atoms with van der Waals surface area (Å²) in [4.78, 5) is 39.7. The van der Waals surface area contributed by atoms with E-state index in [1.807, 2.05) is 6.07 Å². The van der Waals surface area contributed by atoms with E-state index in [1.165, 1.54) is 31.9 Å². The van der Waals surface area contributed by atoms with Crippen molar-refractivity contribution in [2.45, 2.75) is 18.9 Å². The fourth-order valence-electron chi connectivity index (χ4n) is 3.83. The fourth-order valence-corrected chi connectivity index (χ4v) is 3.83. The van der Waals surface area contributed by atoms with Crippen LogP contribution in [0.5, 0.6) is 5.75 Å². The number of phenolic OH excluding ortho intramolecular Hbond substituents is 1. The quantitative estimate of drug-likeness (QED) is 0.499. The summed E-state index contributed by atoms with van der Waals surface area (Å²) in [5.74, 6) is 0.105. The van der Waals surface area contributed by atoms with Crippen LogP contribution in [0.4, 0.5) is 11.4 Å². The lowest BCUT2D eigenvalue weighted by molar-refractivity contribution is 0.475. The van der Waals surface area contributed by atoms with E-state index < -0.39 is 11.2 Å². The molecule has 2 aromatic carbocycles. The maximum Gasteiger partial charge on any atom is 0.337 e. The van der Waals surface area contributed by atoms with E-state index in [9.17, 15) is 19.5 Å². The molecule has 2 aromatic heterocycles. The first-order valence-corrected chi connectivity index (χ1v) is 9.98. The molecule has 4 aromatic rings. The van der Waals surface area contributed by atoms with Gasteiger partial charge in [0.1, 0.15) is 16.8 Å². The molecule has 0 unspecified atom stereocenters. The zero-order chi connectivity index (χ0) is 21.7. The van der Waals surface area contributed by atoms with Crippen LogP contribution in [-0.4, -0.2) is 18.8 Å². The topological polar surface area (TPSA) is 98.3 Å². The summed E-state index contributed by atoms with van der Waals surface area (Å²) in [6, 6.07) is 16.5. The average Bonchev–Trinajstić information content (AvgIpc) is 3.59. The number of anilines is 2. The number of rotatable bonds is 4. The minimum atomic E-state index is -0.456. The maximum absolute atomic E-state index is 13.5. The van der Waals surface area contributed by atoms with Gasteiger partial charge in [0.05, 0.1) is 11.4 Å². The molecule has 1 saturated carbocycles. The molecule has 1 aliphatic rings. The molecule has 2 heterocycles. The molecular weight excluding hydrogens is 396 g/mol. The normalized spacial score (nSPS) is 13.5. The van der Waals surface area contributed by atoms with Crippen molar-refractivity contribution in [3.05, 3.63) is 91.9 Å². The third-order valence-corrected chi connectivity index (χ3v) is 5.52. The largest absolute Gasteiger partial charge is 0.508 e. The van der Waals surface area contributed by atoms with Crippen LogP contribution < -0.4 is 22.1 Å². The van der Waals surface area contributed by atoms with Gasteiger partial charge in [0.15, 0.2) is 0 Å². The second-order valence-corrected chi connectivity index (χ2v) is 7.69. The number of aromatic nitrogens is 3. The van der Waals surface area contributed by atoms with E-state index in [-0.39, 0.29) is 28.4 Å². The minimum absolute atomic E-state index is 0.105. The molecule has 0 bridgehead atoms. The van der Waals surface area contributed by atoms with Crippen molar-refractivity contribution >= 4 is 22.4 Å². The van der Waals surface area contributed by atoms with Crippen molar-refractivity contribution in [2.75, 3.05) is 5.32 Å². The number of fused-ring (bicyclic) bond motifs is 1. The number of hydrogen-bond donors (Lipinski definition) is 2. The summed E-state index contributed by atoms with van der Waals surface area (Å²) in [5.41, 5.74) is 0.474. The second-order valence-electron chi connectivity index (χ2n) is 7.69. The maximum atomic E-state index is 13.5. The lowest BCUT2D eigenvalue weighted by Crippen LogP contribution is -2.41. The number of hydrogen-bond acceptors (Lipinski definition) is 5. The van der Waals surface area contributed by atoms with Gasteiger partial charge in [0, 0.05) is 24.8 Å². The molecule has 0 saturated heterocycles. The van der Waals surface area contributed by atoms with Crippen molar-refractivity contribution in [2.24, 2.45) is 7.05 Å². The number of nitrogens with one attached hydrogen (secondary N) is 1. The van der Waals surface area contributed by atoms with Gasteiger partial charge in [-0.05, 0) is 49.2 Å². The van der Waals surface area contributed by atoms with Crippen LogP contribution in [0.3, 0.4) is 0 Å². The Bertz CT molecular complexity index is 1480. The summed E-state index contributed by atoms with van der Waals surface area (Å²) in [7, 11) is 1.55. The Kier molecular flexibility index (Phi) is 4.28. The number of benzene rings is 2. The van der Waals surface area contributed by atoms with Crippen LogP contribution in [0.25, 0.3) is 16.7 Å². The third kappa shape index (κ3) is 3.13. The molecule has 1 aliphatic carbocycles. The van der Waals surface area contributed by atoms with E-state index in [2.05, 4.69) is 5.32 Å². The van der Waals surface area contributed by atoms with Crippen LogP contribution >= 0.6 is 0 Å². The number of nitrogens with zero attached hydrogens (tertiary/aromatic N) is 3. The van der Waals surface area contributed by atoms with Gasteiger partial charge in [-0.2, -0.15) is 0 Å². The lowest BCUT2D eigenvalue weighted by atomic mass is 10.2. The first-order valence-electron chi connectivity index (χ1n) is 9.98. The van der Waals surface area contributed by atoms with Gasteiger partial charge in [-0.25, -0.2) is 9.36 Å². The SMILES string of the molecule is Cn1c(=O)cc(Nc2ccc(O)cc2)c2c(=O)n(C3CC3)c(=O)n(-c3ccccc3)c21. The lowest BCUT2D eigenvalue weighted by Gasteiger charge is -2.18. The van der Waals surface area contributed by atoms with Crippen LogP contribution in [0.1, 0.15) is 18.9 Å². The Morgan fingerprint density at radius 1 is 0.968 bits per heavy atom. The molecule has 8 nitrogen and oxygen atoms in total. The van der Waals surface area contributed by atoms with E-state index in [4.69, 9.17) is 0 Å². The van der Waals surface area contributed by atoms with Crippen molar-refractivity contribution in [1.82, 2.24) is 13.7 Å². The van der Waals surface area contributed by atoms with E-state index in [0.717, 1.165) is 12.8 Å². The monoisotopic (exact) mass is 416 g/mol. The molecular formula is C23H20N4O4. The number of para-hydroxylation sites is 1. The van der Waals surface area contributed by atoms with Crippen molar-refractivity contribution < 1.29 is 5.11 Å². The van der Waals surface area contributed by atoms with Crippen LogP contribution in [0.15, 0.2) is 75.0 Å². The van der Waals surface area contributed by atoms with Gasteiger partial charge in [-0.15, -0.1) is 0 Å². The first-order chi connectivity index (χ1) is 15.0. The van der Waals surface area contributed by atoms with Crippen molar-refractivity contribution in [3.8, 4) is 11.4 Å². The van der Waals surface area contributed by atoms with Crippen LogP contribution in [-0.2, 0) is 7.05 Å². The summed E-state index contributed by atoms with van der Waals surface area (Å²) in [5, 5.41) is 12.9. The number of aromatic hydroxyl groups is 1. The molecule has 31 heavy (non-hydrogen) atoms. The summed E-state index contributed by atoms with van der Waals surface area (Å²) < 4.78 is 4.05. The van der Waals surface area contributed by atoms with Gasteiger partial charge in [-0.3, -0.25) is 18.7 Å². The highest BCUT2D eigenvalue weighted by Crippen LogP contribution is 2.33. The van der Waals surface area contributed by atoms with E-state index in [1.54, 1.807) is 43.4 Å². The van der Waals surface area contributed by atoms with Crippen molar-refractivity contribution in [3.63, 3.8) is 0 Å². The fraction of sp³-hybridized carbons (Fsp3) is 0.174. The molecule has 0 aliphatic heterocycles. The van der Waals surface area contributed by atoms with Gasteiger partial charge in [-0.1, -0.05) is 18.2 Å². The molecule has 156 valence electrons. The highest BCUT2D eigenvalue weighted by molar-refractivity contribution is 5.91. The molecule has 0 amide bonds. The summed E-state index contributed by atoms with van der Waals surface area (Å²) in [6.07, 6.45) is 1.53. The second kappa shape index (κ2) is 7.02. The van der Waals surface area contributed by atoms with Gasteiger partial charge in [0.25, 0.3) is 11.1 Å². The molecule has 0 radical (unpaired) electrons. The van der Waals surface area contributed by atoms with Crippen molar-refractivity contribution in [1.29, 1.82) is 0 Å². The molecule has 5 rings (SSSR count). The Labute approximate surface area is 176 Å². The van der Waals surface area contributed by atoms with E-state index in [0.29, 0.717) is 17.1 Å². The van der Waals surface area contributed by atoms with Gasteiger partial charge >= 0.3 is 5.69 Å². The summed E-state index contributed by atoms with van der Waals surface area (Å²) >= 11 is 0. The van der Waals surface area contributed by atoms with Gasteiger partial charge in [0.2, 0.25) is 0 Å². The van der Waals surface area contributed by atoms with Gasteiger partial charge < -0.3 is 10.4 Å². The highest BCUT2D eigenvalue weighted by atomic mass is 16.3. The molecule has 0 spiro atoms. The molecule has 1 fully saturated rings. The average molecular weight is 416 g/mol. The number of aryl methyl sites for hydroxylation is 1. The highest BCUT2D eigenvalue weighted by Gasteiger charge is 2.30. The predicted octanol–water partition coefficient (Wildman–Crippen LogP) is 2.64. The minimum Gasteiger partial charge on any atom is -0.508 e. The zero-order valence-corrected chi connectivity index (χ0v) is 16.8.